The zero-order valence-corrected chi connectivity index (χ0v) is 87.0. The zero-order chi connectivity index (χ0) is 100. The molecule has 5 aromatic carbocycles. The summed E-state index contributed by atoms with van der Waals surface area (Å²) >= 11 is 3.40. The second-order valence-electron chi connectivity index (χ2n) is 38.3. The summed E-state index contributed by atoms with van der Waals surface area (Å²) in [5, 5.41) is 21.7. The van der Waals surface area contributed by atoms with E-state index < -0.39 is 0 Å². The number of aryl methyl sites for hydroxylation is 1. The SMILES string of the molecule is C.C.COCCNC(=O)CC(c1ccn(-c2ccccc2)n1)N1CCCN(c2c(OC)ccc3cccnc23)CC1.COc1ccc2cccnc2c1N1CCCN(C(CC(C)=O)c2csc(N3CCOCC3)n2)CC1.COc1ccc2cccnc2c1N1CCCN(CC2CCN(C(=O)OC(C)C)CC2)CC1.Cc1cc2cccnc2c(N2CCCN(Cc3csc(N4CCOCC4)n3)CC2)c1OCC(=O)NC(C)C. The highest BCUT2D eigenvalue weighted by molar-refractivity contribution is 7.14. The molecule has 7 aliphatic rings. The molecule has 19 rings (SSSR count). The second-order valence-corrected chi connectivity index (χ2v) is 40.0. The molecule has 784 valence electrons. The van der Waals surface area contributed by atoms with Gasteiger partial charge in [-0.1, -0.05) is 57.3 Å². The summed E-state index contributed by atoms with van der Waals surface area (Å²) in [5.41, 5.74) is 13.1. The smallest absolute Gasteiger partial charge is 0.410 e. The Bertz CT molecular complexity index is 6150. The number of ketones is 1. The molecule has 7 aromatic heterocycles. The largest absolute Gasteiger partial charge is 0.494 e. The molecule has 0 bridgehead atoms. The van der Waals surface area contributed by atoms with Gasteiger partial charge in [0.1, 0.15) is 51.5 Å². The molecule has 7 fully saturated rings. The van der Waals surface area contributed by atoms with E-state index >= 15 is 0 Å². The van der Waals surface area contributed by atoms with Gasteiger partial charge in [0, 0.05) is 246 Å². The summed E-state index contributed by atoms with van der Waals surface area (Å²) in [6, 6.07) is 42.6. The lowest BCUT2D eigenvalue weighted by Gasteiger charge is -2.34. The Morgan fingerprint density at radius 1 is 0.479 bits per heavy atom. The predicted molar refractivity (Wildman–Crippen MR) is 586 cm³/mol. The maximum absolute atomic E-state index is 13.0. The summed E-state index contributed by atoms with van der Waals surface area (Å²) in [6.45, 7) is 37.1. The number of methoxy groups -OCH3 is 4. The number of piperidine rings is 1. The van der Waals surface area contributed by atoms with Crippen LogP contribution in [-0.4, -0.2) is 325 Å². The lowest BCUT2D eigenvalue weighted by molar-refractivity contribution is -0.124. The number of amides is 3. The number of benzene rings is 5. The first-order valence-electron chi connectivity index (χ1n) is 51.2. The molecule has 33 nitrogen and oxygen atoms in total. The molecule has 0 saturated carbocycles. The second kappa shape index (κ2) is 54.5. The minimum absolute atomic E-state index is 0. The van der Waals surface area contributed by atoms with Crippen molar-refractivity contribution in [2.24, 2.45) is 5.92 Å². The number of ether oxygens (including phenoxy) is 8. The van der Waals surface area contributed by atoms with Gasteiger partial charge >= 0.3 is 6.09 Å². The van der Waals surface area contributed by atoms with Gasteiger partial charge in [-0.3, -0.25) is 49.0 Å². The van der Waals surface area contributed by atoms with Gasteiger partial charge in [0.25, 0.3) is 5.91 Å². The van der Waals surface area contributed by atoms with Crippen LogP contribution in [0.2, 0.25) is 0 Å². The van der Waals surface area contributed by atoms with E-state index in [0.29, 0.717) is 31.9 Å². The Morgan fingerprint density at radius 3 is 1.49 bits per heavy atom. The molecule has 7 saturated heterocycles. The molecule has 3 amide bonds. The Labute approximate surface area is 869 Å². The van der Waals surface area contributed by atoms with E-state index in [1.165, 1.54) is 0 Å². The number of para-hydroxylation sites is 1. The molecule has 12 aromatic rings. The molecular formula is C111H151N21O12S2. The van der Waals surface area contributed by atoms with Crippen molar-refractivity contribution < 1.29 is 57.1 Å². The number of fused-ring (bicyclic) bond motifs is 4. The van der Waals surface area contributed by atoms with Crippen molar-refractivity contribution in [3.8, 4) is 28.7 Å². The molecular weight excluding hydrogens is 1880 g/mol. The van der Waals surface area contributed by atoms with Crippen LogP contribution in [0, 0.1) is 12.8 Å². The summed E-state index contributed by atoms with van der Waals surface area (Å²) in [7, 11) is 6.80. The summed E-state index contributed by atoms with van der Waals surface area (Å²) < 4.78 is 46.7. The van der Waals surface area contributed by atoms with Gasteiger partial charge in [-0.2, -0.15) is 5.10 Å². The van der Waals surface area contributed by atoms with Crippen molar-refractivity contribution in [3.63, 3.8) is 0 Å². The summed E-state index contributed by atoms with van der Waals surface area (Å²) in [5.74, 6) is 4.02. The third-order valence-electron chi connectivity index (χ3n) is 27.5. The average Bonchev–Trinajstić information content (AvgIpc) is 1.34. The third kappa shape index (κ3) is 28.8. The minimum atomic E-state index is -0.165. The van der Waals surface area contributed by atoms with Crippen molar-refractivity contribution in [2.45, 2.75) is 139 Å². The Morgan fingerprint density at radius 2 is 0.966 bits per heavy atom. The molecule has 2 N–H and O–H groups in total. The molecule has 7 aliphatic heterocycles. The zero-order valence-electron chi connectivity index (χ0n) is 85.3. The lowest BCUT2D eigenvalue weighted by atomic mass is 9.96. The highest BCUT2D eigenvalue weighted by Gasteiger charge is 2.35. The highest BCUT2D eigenvalue weighted by Crippen LogP contribution is 2.44. The predicted octanol–water partition coefficient (Wildman–Crippen LogP) is 16.3. The standard InChI is InChI=1S/C30H36N6O3.C28H38N6O3S.C26H33N5O3S.C25H36N4O3.2CH4/c1-38-21-15-31-28(37)22-26(25-13-18-36(33-25)24-9-4-3-5-10-24)34-16-7-17-35(20-19-34)30-27(39-2)12-11-23-8-6-14-32-29(23)30;1-20(2)30-24(35)18-37-27-21(3)16-22-6-4-7-29-25(22)26(27)33-9-5-8-32(10-11-33)17-23-19-38-28(31-23)34-12-14-36-15-13-34;1-19(32)17-22(21-18-35-26(28-21)31-13-15-34-16-14-31)29-9-4-10-30(12-11-29)25-23(33-2)7-6-20-5-3-8-27-24(20)25;1-19(2)32-25(30)29-14-9-20(10-15-29)18-27-12-5-13-28(17-16-27)24-22(31-3)8-7-21-6-4-11-26-23(21)24;;/h3-6,8-14,18,26H,7,15-17,19-22H2,1-2H3,(H,31,37);4,6-7,16,19-20H,5,8-15,17-18H2,1-3H3,(H,30,35);3,5-8,18,22H,4,9-17H2,1-2H3;4,6-8,11,19-20H,5,9-10,12-18H2,1-3H3;2*1H4. The number of morpholine rings is 2. The van der Waals surface area contributed by atoms with Crippen LogP contribution in [0.3, 0.4) is 0 Å². The number of hydrogen-bond donors (Lipinski definition) is 2. The van der Waals surface area contributed by atoms with E-state index in [0.717, 1.165) is 350 Å². The first-order chi connectivity index (χ1) is 70.3. The highest BCUT2D eigenvalue weighted by atomic mass is 32.1. The van der Waals surface area contributed by atoms with Crippen molar-refractivity contribution in [2.75, 3.05) is 255 Å². The van der Waals surface area contributed by atoms with Gasteiger partial charge in [0.05, 0.1) is 117 Å². The lowest BCUT2D eigenvalue weighted by Crippen LogP contribution is -2.43. The molecule has 0 radical (unpaired) electrons. The number of anilines is 6. The fraction of sp³-hybridized carbons (Fsp3) is 0.505. The molecule has 35 heteroatoms. The van der Waals surface area contributed by atoms with E-state index in [2.05, 4.69) is 135 Å². The fourth-order valence-electron chi connectivity index (χ4n) is 20.4. The van der Waals surface area contributed by atoms with Crippen molar-refractivity contribution in [3.05, 3.63) is 192 Å². The number of hydrogen-bond acceptors (Lipinski definition) is 31. The number of carbonyl (C=O) groups excluding carboxylic acids is 4. The van der Waals surface area contributed by atoms with Crippen molar-refractivity contribution in [1.82, 2.24) is 74.8 Å². The number of nitrogens with zero attached hydrogens (tertiary/aromatic N) is 19. The van der Waals surface area contributed by atoms with Gasteiger partial charge in [-0.15, -0.1) is 22.7 Å². The van der Waals surface area contributed by atoms with Crippen LogP contribution < -0.4 is 59.0 Å². The number of thiazole rings is 2. The van der Waals surface area contributed by atoms with Crippen LogP contribution in [0.1, 0.15) is 136 Å². The topological polar surface area (TPSA) is 297 Å². The maximum Gasteiger partial charge on any atom is 0.410 e. The van der Waals surface area contributed by atoms with Crippen LogP contribution in [0.5, 0.6) is 23.0 Å². The fourth-order valence-corrected chi connectivity index (χ4v) is 22.2. The Balaban J connectivity index is 0.000000154. The van der Waals surface area contributed by atoms with E-state index in [4.69, 9.17) is 62.9 Å². The van der Waals surface area contributed by atoms with E-state index in [1.54, 1.807) is 58.0 Å². The number of rotatable bonds is 30. The van der Waals surface area contributed by atoms with Gasteiger partial charge in [-0.05, 0) is 183 Å². The number of carbonyl (C=O) groups is 4. The normalized spacial score (nSPS) is 17.1. The average molecular weight is 2040 g/mol. The summed E-state index contributed by atoms with van der Waals surface area (Å²) in [4.78, 5) is 104. The quantitative estimate of drug-likeness (QED) is 0.0395. The van der Waals surface area contributed by atoms with Crippen LogP contribution in [0.15, 0.2) is 169 Å². The Kier molecular flexibility index (Phi) is 40.9. The molecule has 14 heterocycles. The number of aromatic nitrogens is 8. The number of likely N-dealkylation sites (tertiary alicyclic amines) is 1. The first-order valence-corrected chi connectivity index (χ1v) is 53.0. The van der Waals surface area contributed by atoms with Gasteiger partial charge in [-0.25, -0.2) is 19.4 Å². The van der Waals surface area contributed by atoms with E-state index in [9.17, 15) is 19.2 Å². The molecule has 0 spiro atoms. The van der Waals surface area contributed by atoms with Gasteiger partial charge < -0.3 is 87.7 Å². The van der Waals surface area contributed by atoms with Crippen molar-refractivity contribution >= 4 is 123 Å². The summed E-state index contributed by atoms with van der Waals surface area (Å²) in [6.07, 6.45) is 16.1. The third-order valence-corrected chi connectivity index (χ3v) is 29.4. The molecule has 2 unspecified atom stereocenters. The minimum Gasteiger partial charge on any atom is -0.494 e. The molecule has 2 atom stereocenters. The van der Waals surface area contributed by atoms with Crippen LogP contribution in [0.25, 0.3) is 49.3 Å². The van der Waals surface area contributed by atoms with E-state index in [1.807, 2.05) is 148 Å². The Hall–Kier alpha value is -12.2. The van der Waals surface area contributed by atoms with Gasteiger partial charge in [0.2, 0.25) is 5.91 Å². The molecule has 0 aliphatic carbocycles. The first kappa shape index (κ1) is 110. The van der Waals surface area contributed by atoms with Crippen molar-refractivity contribution in [1.29, 1.82) is 0 Å². The maximum atomic E-state index is 13.0. The van der Waals surface area contributed by atoms with Crippen LogP contribution in [-0.2, 0) is 39.9 Å². The monoisotopic (exact) mass is 2030 g/mol. The number of Topliss-reactive ketones (excluding diaryl/α,β-unsaturated/α-hetero) is 1. The number of nitrogens with one attached hydrogen (secondary N) is 2. The molecule has 146 heavy (non-hydrogen) atoms. The van der Waals surface area contributed by atoms with Gasteiger partial charge in [0.15, 0.2) is 16.9 Å². The van der Waals surface area contributed by atoms with E-state index in [-0.39, 0.29) is 69.4 Å². The van der Waals surface area contributed by atoms with Crippen LogP contribution in [0.4, 0.5) is 37.8 Å². The number of pyridine rings is 4. The van der Waals surface area contributed by atoms with Crippen LogP contribution >= 0.6 is 22.7 Å².